The number of halogens is 2. The maximum Gasteiger partial charge on any atom is 0.232 e. The number of pyridine rings is 1. The normalized spacial score (nSPS) is 10.7. The first-order valence-electron chi connectivity index (χ1n) is 9.58. The Balaban J connectivity index is 1.83. The fourth-order valence-corrected chi connectivity index (χ4v) is 3.66. The first kappa shape index (κ1) is 20.4. The van der Waals surface area contributed by atoms with Gasteiger partial charge < -0.3 is 4.74 Å². The minimum Gasteiger partial charge on any atom is -0.437 e. The van der Waals surface area contributed by atoms with Crippen LogP contribution in [0.5, 0.6) is 11.6 Å². The van der Waals surface area contributed by atoms with Gasteiger partial charge in [0.1, 0.15) is 11.6 Å². The zero-order chi connectivity index (χ0) is 21.1. The van der Waals surface area contributed by atoms with Crippen LogP contribution in [0.1, 0.15) is 30.2 Å². The predicted molar refractivity (Wildman–Crippen MR) is 124 cm³/mol. The average molecular weight is 511 g/mol. The van der Waals surface area contributed by atoms with Crippen LogP contribution in [0.2, 0.25) is 0 Å². The van der Waals surface area contributed by atoms with Crippen molar-refractivity contribution in [3.8, 4) is 23.5 Å². The van der Waals surface area contributed by atoms with Crippen LogP contribution >= 0.6 is 22.6 Å². The van der Waals surface area contributed by atoms with E-state index in [1.807, 2.05) is 48.9 Å². The smallest absolute Gasteiger partial charge is 0.232 e. The van der Waals surface area contributed by atoms with Crippen LogP contribution in [0.4, 0.5) is 4.39 Å². The number of fused-ring (bicyclic) bond motifs is 1. The second-order valence-corrected chi connectivity index (χ2v) is 7.95. The number of hydrogen-bond donors (Lipinski definition) is 0. The number of ether oxygens (including phenoxy) is 1. The molecule has 4 nitrogen and oxygen atoms in total. The Kier molecular flexibility index (Phi) is 6.00. The SMILES string of the molecule is CCC#Cc1cc2c(C)nn(Cc3cccc(F)c3)c2cc1Oc1ncccc1I. The molecule has 6 heteroatoms. The lowest BCUT2D eigenvalue weighted by atomic mass is 10.1. The zero-order valence-corrected chi connectivity index (χ0v) is 18.8. The highest BCUT2D eigenvalue weighted by Gasteiger charge is 2.15. The fraction of sp³-hybridized carbons (Fsp3) is 0.167. The van der Waals surface area contributed by atoms with Gasteiger partial charge in [-0.1, -0.05) is 30.9 Å². The van der Waals surface area contributed by atoms with Crippen LogP contribution in [-0.4, -0.2) is 14.8 Å². The van der Waals surface area contributed by atoms with Crippen molar-refractivity contribution in [1.82, 2.24) is 14.8 Å². The topological polar surface area (TPSA) is 39.9 Å². The molecule has 0 aliphatic rings. The molecule has 150 valence electrons. The Morgan fingerprint density at radius 1 is 1.17 bits per heavy atom. The fourth-order valence-electron chi connectivity index (χ4n) is 3.21. The minimum atomic E-state index is -0.258. The number of rotatable bonds is 4. The molecule has 0 amide bonds. The van der Waals surface area contributed by atoms with Crippen molar-refractivity contribution in [2.75, 3.05) is 0 Å². The van der Waals surface area contributed by atoms with E-state index in [1.165, 1.54) is 12.1 Å². The van der Waals surface area contributed by atoms with Crippen LogP contribution in [0.15, 0.2) is 54.7 Å². The molecule has 2 aromatic heterocycles. The summed E-state index contributed by atoms with van der Waals surface area (Å²) in [5.74, 6) is 7.22. The largest absolute Gasteiger partial charge is 0.437 e. The molecule has 0 bridgehead atoms. The molecule has 0 saturated heterocycles. The third-order valence-corrected chi connectivity index (χ3v) is 5.41. The van der Waals surface area contributed by atoms with Crippen molar-refractivity contribution < 1.29 is 9.13 Å². The summed E-state index contributed by atoms with van der Waals surface area (Å²) in [6, 6.07) is 14.3. The Bertz CT molecular complexity index is 1290. The molecule has 0 aliphatic heterocycles. The summed E-state index contributed by atoms with van der Waals surface area (Å²) < 4.78 is 22.6. The van der Waals surface area contributed by atoms with Gasteiger partial charge in [-0.3, -0.25) is 4.68 Å². The van der Waals surface area contributed by atoms with Gasteiger partial charge in [0.15, 0.2) is 0 Å². The lowest BCUT2D eigenvalue weighted by Gasteiger charge is -2.10. The Labute approximate surface area is 188 Å². The van der Waals surface area contributed by atoms with Gasteiger partial charge in [0.2, 0.25) is 5.88 Å². The lowest BCUT2D eigenvalue weighted by Crippen LogP contribution is -2.02. The zero-order valence-electron chi connectivity index (χ0n) is 16.6. The molecule has 2 heterocycles. The molecule has 0 unspecified atom stereocenters. The van der Waals surface area contributed by atoms with Crippen molar-refractivity contribution >= 4 is 33.5 Å². The lowest BCUT2D eigenvalue weighted by molar-refractivity contribution is 0.458. The van der Waals surface area contributed by atoms with E-state index < -0.39 is 0 Å². The molecule has 2 aromatic carbocycles. The van der Waals surface area contributed by atoms with Crippen LogP contribution in [-0.2, 0) is 6.54 Å². The van der Waals surface area contributed by atoms with Crippen molar-refractivity contribution in [1.29, 1.82) is 0 Å². The number of aromatic nitrogens is 3. The van der Waals surface area contributed by atoms with Gasteiger partial charge in [-0.2, -0.15) is 5.10 Å². The molecule has 4 aromatic rings. The minimum absolute atomic E-state index is 0.258. The summed E-state index contributed by atoms with van der Waals surface area (Å²) in [5, 5.41) is 5.67. The number of aryl methyl sites for hydroxylation is 1. The molecule has 0 fully saturated rings. The Morgan fingerprint density at radius 3 is 2.80 bits per heavy atom. The van der Waals surface area contributed by atoms with Gasteiger partial charge in [-0.05, 0) is 65.4 Å². The Hall–Kier alpha value is -2.92. The van der Waals surface area contributed by atoms with E-state index in [0.29, 0.717) is 18.2 Å². The van der Waals surface area contributed by atoms with Gasteiger partial charge >= 0.3 is 0 Å². The van der Waals surface area contributed by atoms with E-state index in [4.69, 9.17) is 4.74 Å². The molecular formula is C24H19FIN3O. The molecule has 0 saturated carbocycles. The van der Waals surface area contributed by atoms with Crippen LogP contribution < -0.4 is 4.74 Å². The number of benzene rings is 2. The maximum absolute atomic E-state index is 13.6. The van der Waals surface area contributed by atoms with Crippen molar-refractivity contribution in [3.05, 3.63) is 80.9 Å². The second kappa shape index (κ2) is 8.84. The summed E-state index contributed by atoms with van der Waals surface area (Å²) in [6.07, 6.45) is 2.45. The summed E-state index contributed by atoms with van der Waals surface area (Å²) in [6.45, 7) is 4.43. The molecule has 30 heavy (non-hydrogen) atoms. The van der Waals surface area contributed by atoms with Gasteiger partial charge in [-0.25, -0.2) is 9.37 Å². The van der Waals surface area contributed by atoms with Gasteiger partial charge in [0.25, 0.3) is 0 Å². The highest BCUT2D eigenvalue weighted by molar-refractivity contribution is 14.1. The summed E-state index contributed by atoms with van der Waals surface area (Å²) in [4.78, 5) is 4.34. The van der Waals surface area contributed by atoms with E-state index in [1.54, 1.807) is 12.3 Å². The summed E-state index contributed by atoms with van der Waals surface area (Å²) >= 11 is 2.20. The van der Waals surface area contributed by atoms with Gasteiger partial charge in [0, 0.05) is 24.1 Å². The third kappa shape index (κ3) is 4.31. The van der Waals surface area contributed by atoms with E-state index >= 15 is 0 Å². The van der Waals surface area contributed by atoms with Gasteiger partial charge in [0.05, 0.1) is 26.9 Å². The molecule has 0 radical (unpaired) electrons. The molecule has 0 spiro atoms. The van der Waals surface area contributed by atoms with Crippen molar-refractivity contribution in [2.45, 2.75) is 26.8 Å². The first-order chi connectivity index (χ1) is 14.5. The van der Waals surface area contributed by atoms with Gasteiger partial charge in [-0.15, -0.1) is 0 Å². The third-order valence-electron chi connectivity index (χ3n) is 4.59. The summed E-state index contributed by atoms with van der Waals surface area (Å²) in [7, 11) is 0. The predicted octanol–water partition coefficient (Wildman–Crippen LogP) is 6.09. The molecular weight excluding hydrogens is 492 g/mol. The van der Waals surface area contributed by atoms with Crippen molar-refractivity contribution in [3.63, 3.8) is 0 Å². The highest BCUT2D eigenvalue weighted by atomic mass is 127. The highest BCUT2D eigenvalue weighted by Crippen LogP contribution is 2.32. The monoisotopic (exact) mass is 511 g/mol. The van der Waals surface area contributed by atoms with E-state index in [0.717, 1.165) is 37.7 Å². The average Bonchev–Trinajstić information content (AvgIpc) is 3.02. The first-order valence-corrected chi connectivity index (χ1v) is 10.7. The van der Waals surface area contributed by atoms with E-state index in [-0.39, 0.29) is 5.82 Å². The summed E-state index contributed by atoms with van der Waals surface area (Å²) in [5.41, 5.74) is 3.43. The van der Waals surface area contributed by atoms with Crippen LogP contribution in [0, 0.1) is 28.2 Å². The molecule has 0 aliphatic carbocycles. The molecule has 4 rings (SSSR count). The number of hydrogen-bond acceptors (Lipinski definition) is 3. The standard InChI is InChI=1S/C24H19FIN3O/c1-3-4-8-18-13-20-16(2)28-29(15-17-7-5-9-19(25)12-17)22(20)14-23(18)30-24-21(26)10-6-11-27-24/h5-7,9-14H,3,15H2,1-2H3. The Morgan fingerprint density at radius 2 is 2.03 bits per heavy atom. The van der Waals surface area contributed by atoms with Crippen molar-refractivity contribution in [2.24, 2.45) is 0 Å². The number of nitrogens with zero attached hydrogens (tertiary/aromatic N) is 3. The van der Waals surface area contributed by atoms with Crippen LogP contribution in [0.25, 0.3) is 10.9 Å². The quantitative estimate of drug-likeness (QED) is 0.246. The van der Waals surface area contributed by atoms with E-state index in [2.05, 4.69) is 44.5 Å². The van der Waals surface area contributed by atoms with E-state index in [9.17, 15) is 4.39 Å². The second-order valence-electron chi connectivity index (χ2n) is 6.79. The molecule has 0 N–H and O–H groups in total. The maximum atomic E-state index is 13.6. The molecule has 0 atom stereocenters. The van der Waals surface area contributed by atoms with Crippen LogP contribution in [0.3, 0.4) is 0 Å².